The zero-order valence-corrected chi connectivity index (χ0v) is 30.5. The number of allylic oxidation sites excluding steroid dienone is 2. The molecule has 1 saturated heterocycles. The second kappa shape index (κ2) is 17.5. The second-order valence-corrected chi connectivity index (χ2v) is 13.6. The number of fused-ring (bicyclic) bond motifs is 2. The number of anilines is 2. The Morgan fingerprint density at radius 1 is 0.980 bits per heavy atom. The number of amides is 1. The summed E-state index contributed by atoms with van der Waals surface area (Å²) in [5, 5.41) is 25.4. The molecule has 1 amide bonds. The molecule has 3 rings (SSSR count). The van der Waals surface area contributed by atoms with Gasteiger partial charge in [0.2, 0.25) is 0 Å². The maximum absolute atomic E-state index is 13.3. The van der Waals surface area contributed by atoms with E-state index >= 15 is 0 Å². The largest absolute Gasteiger partial charge is 0.506 e. The standard InChI is InChI=1S/C38H54N2O9/c1-21(2)37(44)48-34-25(7)19-26(8)35(49-38(45)22(3)4)31(47-10)18-23(5)17-27-32(40-15-12-16-40)29(41)20-28(33(27)42)39-36(43)24(6)13-11-14-30(34)46-9/h11,13-14,17,19-22,26,30-31,34-35,41-42H,12,15-16,18H2,1-10H3,(H,39,43)/t26-,30-,31-,34-,35+/m0/s1. The molecule has 0 unspecified atom stereocenters. The van der Waals surface area contributed by atoms with Gasteiger partial charge in [0.25, 0.3) is 5.91 Å². The fourth-order valence-electron chi connectivity index (χ4n) is 5.71. The number of carbonyl (C=O) groups is 3. The van der Waals surface area contributed by atoms with Crippen LogP contribution in [0.4, 0.5) is 11.4 Å². The van der Waals surface area contributed by atoms with Gasteiger partial charge in [-0.1, -0.05) is 64.5 Å². The summed E-state index contributed by atoms with van der Waals surface area (Å²) in [6.07, 6.45) is 6.92. The number of carbonyl (C=O) groups excluding carboxylic acids is 3. The molecule has 11 nitrogen and oxygen atoms in total. The third-order valence-corrected chi connectivity index (χ3v) is 8.80. The molecule has 2 heterocycles. The summed E-state index contributed by atoms with van der Waals surface area (Å²) >= 11 is 0. The van der Waals surface area contributed by atoms with Gasteiger partial charge in [-0.15, -0.1) is 0 Å². The number of nitrogens with one attached hydrogen (secondary N) is 1. The van der Waals surface area contributed by atoms with Gasteiger partial charge >= 0.3 is 11.9 Å². The van der Waals surface area contributed by atoms with E-state index in [1.165, 1.54) is 13.2 Å². The monoisotopic (exact) mass is 682 g/mol. The highest BCUT2D eigenvalue weighted by molar-refractivity contribution is 6.05. The van der Waals surface area contributed by atoms with Gasteiger partial charge in [0, 0.05) is 50.4 Å². The highest BCUT2D eigenvalue weighted by Gasteiger charge is 2.34. The fraction of sp³-hybridized carbons (Fsp3) is 0.553. The van der Waals surface area contributed by atoms with Gasteiger partial charge in [-0.05, 0) is 45.3 Å². The predicted molar refractivity (Wildman–Crippen MR) is 190 cm³/mol. The Balaban J connectivity index is 2.25. The van der Waals surface area contributed by atoms with E-state index in [1.807, 2.05) is 31.7 Å². The lowest BCUT2D eigenvalue weighted by atomic mass is 9.90. The number of phenolic OH excluding ortho intramolecular Hbond substituents is 2. The first kappa shape index (κ1) is 39.3. The lowest BCUT2D eigenvalue weighted by Crippen LogP contribution is -2.39. The Bertz CT molecular complexity index is 1490. The summed E-state index contributed by atoms with van der Waals surface area (Å²) in [6, 6.07) is 1.35. The number of hydrogen-bond donors (Lipinski definition) is 3. The van der Waals surface area contributed by atoms with Crippen molar-refractivity contribution in [2.45, 2.75) is 92.6 Å². The van der Waals surface area contributed by atoms with Crippen LogP contribution in [0, 0.1) is 17.8 Å². The molecule has 1 fully saturated rings. The van der Waals surface area contributed by atoms with Gasteiger partial charge in [0.1, 0.15) is 23.7 Å². The van der Waals surface area contributed by atoms with Crippen molar-refractivity contribution in [2.24, 2.45) is 17.8 Å². The third kappa shape index (κ3) is 9.98. The summed E-state index contributed by atoms with van der Waals surface area (Å²) in [5.74, 6) is -2.74. The molecule has 5 atom stereocenters. The van der Waals surface area contributed by atoms with Gasteiger partial charge in [0.05, 0.1) is 29.3 Å². The quantitative estimate of drug-likeness (QED) is 0.130. The van der Waals surface area contributed by atoms with Crippen LogP contribution in [0.15, 0.2) is 47.1 Å². The van der Waals surface area contributed by atoms with Crippen molar-refractivity contribution in [1.82, 2.24) is 0 Å². The molecule has 1 aromatic rings. The number of nitrogens with zero attached hydrogens (tertiary/aromatic N) is 1. The van der Waals surface area contributed by atoms with E-state index in [0.717, 1.165) is 12.0 Å². The molecule has 2 bridgehead atoms. The van der Waals surface area contributed by atoms with Crippen molar-refractivity contribution in [3.8, 4) is 11.5 Å². The molecular weight excluding hydrogens is 628 g/mol. The van der Waals surface area contributed by atoms with Crippen LogP contribution in [0.1, 0.15) is 73.8 Å². The van der Waals surface area contributed by atoms with Gasteiger partial charge < -0.3 is 39.4 Å². The Kier molecular flexibility index (Phi) is 14.1. The summed E-state index contributed by atoms with van der Waals surface area (Å²) < 4.78 is 23.8. The van der Waals surface area contributed by atoms with E-state index < -0.39 is 54.1 Å². The zero-order chi connectivity index (χ0) is 36.6. The molecule has 49 heavy (non-hydrogen) atoms. The second-order valence-electron chi connectivity index (χ2n) is 13.6. The molecule has 11 heteroatoms. The summed E-state index contributed by atoms with van der Waals surface area (Å²) in [4.78, 5) is 41.1. The van der Waals surface area contributed by atoms with E-state index in [2.05, 4.69) is 5.32 Å². The fourth-order valence-corrected chi connectivity index (χ4v) is 5.71. The highest BCUT2D eigenvalue weighted by Crippen LogP contribution is 2.45. The molecule has 0 spiro atoms. The first-order valence-electron chi connectivity index (χ1n) is 16.9. The first-order chi connectivity index (χ1) is 23.1. The molecule has 0 saturated carbocycles. The molecule has 2 aliphatic rings. The van der Waals surface area contributed by atoms with Crippen LogP contribution in [0.5, 0.6) is 11.5 Å². The number of benzene rings is 1. The van der Waals surface area contributed by atoms with Crippen molar-refractivity contribution in [3.05, 3.63) is 52.7 Å². The minimum atomic E-state index is -0.825. The third-order valence-electron chi connectivity index (χ3n) is 8.80. The number of ether oxygens (including phenoxy) is 4. The topological polar surface area (TPSA) is 144 Å². The van der Waals surface area contributed by atoms with E-state index in [-0.39, 0.29) is 23.1 Å². The van der Waals surface area contributed by atoms with Crippen LogP contribution < -0.4 is 10.2 Å². The van der Waals surface area contributed by atoms with Crippen LogP contribution in [0.2, 0.25) is 0 Å². The van der Waals surface area contributed by atoms with E-state index in [4.69, 9.17) is 18.9 Å². The number of phenols is 2. The summed E-state index contributed by atoms with van der Waals surface area (Å²) in [5.41, 5.74) is 2.65. The minimum absolute atomic E-state index is 0.0522. The molecule has 2 aliphatic heterocycles. The Hall–Kier alpha value is -4.09. The van der Waals surface area contributed by atoms with Crippen LogP contribution >= 0.6 is 0 Å². The van der Waals surface area contributed by atoms with Crippen molar-refractivity contribution in [3.63, 3.8) is 0 Å². The maximum Gasteiger partial charge on any atom is 0.309 e. The van der Waals surface area contributed by atoms with Gasteiger partial charge in [-0.25, -0.2) is 0 Å². The molecule has 1 aromatic carbocycles. The van der Waals surface area contributed by atoms with Crippen LogP contribution in [-0.4, -0.2) is 79.8 Å². The molecule has 270 valence electrons. The number of methoxy groups -OCH3 is 2. The highest BCUT2D eigenvalue weighted by atomic mass is 16.6. The van der Waals surface area contributed by atoms with Crippen molar-refractivity contribution >= 4 is 35.3 Å². The van der Waals surface area contributed by atoms with Gasteiger partial charge in [-0.2, -0.15) is 0 Å². The van der Waals surface area contributed by atoms with Crippen LogP contribution in [0.3, 0.4) is 0 Å². The van der Waals surface area contributed by atoms with Crippen molar-refractivity contribution in [2.75, 3.05) is 37.5 Å². The SMILES string of the molecule is CO[C@H]1C=CC=C(C)C(=O)Nc2cc(O)c(N3CCC3)c(c2O)C=C(C)C[C@H](OC)[C@H](OC(=O)C(C)C)[C@@H](C)C=C(C)[C@@H]1OC(=O)C(C)C. The van der Waals surface area contributed by atoms with E-state index in [0.29, 0.717) is 41.9 Å². The number of rotatable bonds is 7. The molecule has 0 aromatic heterocycles. The maximum atomic E-state index is 13.3. The van der Waals surface area contributed by atoms with Crippen LogP contribution in [0.25, 0.3) is 6.08 Å². The smallest absolute Gasteiger partial charge is 0.309 e. The number of esters is 2. The minimum Gasteiger partial charge on any atom is -0.506 e. The zero-order valence-electron chi connectivity index (χ0n) is 30.5. The van der Waals surface area contributed by atoms with Gasteiger partial charge in [-0.3, -0.25) is 14.4 Å². The lowest BCUT2D eigenvalue weighted by molar-refractivity contribution is -0.163. The summed E-state index contributed by atoms with van der Waals surface area (Å²) in [6.45, 7) is 15.7. The number of hydrogen-bond acceptors (Lipinski definition) is 10. The average Bonchev–Trinajstić information content (AvgIpc) is 3.01. The predicted octanol–water partition coefficient (Wildman–Crippen LogP) is 6.30. The molecule has 0 aliphatic carbocycles. The summed E-state index contributed by atoms with van der Waals surface area (Å²) in [7, 11) is 3.05. The normalized spacial score (nSPS) is 24.1. The van der Waals surface area contributed by atoms with E-state index in [1.54, 1.807) is 66.0 Å². The first-order valence-corrected chi connectivity index (χ1v) is 16.9. The average molecular weight is 683 g/mol. The van der Waals surface area contributed by atoms with E-state index in [9.17, 15) is 24.6 Å². The Labute approximate surface area is 290 Å². The molecular formula is C38H54N2O9. The lowest BCUT2D eigenvalue weighted by Gasteiger charge is -2.35. The Morgan fingerprint density at radius 2 is 1.61 bits per heavy atom. The Morgan fingerprint density at radius 3 is 2.16 bits per heavy atom. The number of aromatic hydroxyl groups is 2. The van der Waals surface area contributed by atoms with Gasteiger partial charge in [0.15, 0.2) is 6.10 Å². The molecule has 3 N–H and O–H groups in total. The van der Waals surface area contributed by atoms with Crippen molar-refractivity contribution < 1.29 is 43.5 Å². The van der Waals surface area contributed by atoms with Crippen LogP contribution in [-0.2, 0) is 33.3 Å². The van der Waals surface area contributed by atoms with Crippen molar-refractivity contribution in [1.29, 1.82) is 0 Å². The molecule has 0 radical (unpaired) electrons.